The van der Waals surface area contributed by atoms with E-state index in [9.17, 15) is 4.39 Å². The molecule has 0 aliphatic carbocycles. The third kappa shape index (κ3) is 3.89. The molecule has 18 heavy (non-hydrogen) atoms. The van der Waals surface area contributed by atoms with Crippen molar-refractivity contribution in [2.45, 2.75) is 19.8 Å². The Bertz CT molecular complexity index is 347. The first-order valence-corrected chi connectivity index (χ1v) is 7.62. The molecule has 4 heteroatoms. The van der Waals surface area contributed by atoms with Crippen LogP contribution in [0.15, 0.2) is 24.3 Å². The molecule has 1 saturated heterocycles. The van der Waals surface area contributed by atoms with Gasteiger partial charge in [0.1, 0.15) is 5.82 Å². The Balaban J connectivity index is 1.77. The summed E-state index contributed by atoms with van der Waals surface area (Å²) >= 11 is 1.97. The topological polar surface area (TPSA) is 6.48 Å². The van der Waals surface area contributed by atoms with Gasteiger partial charge in [0.05, 0.1) is 0 Å². The van der Waals surface area contributed by atoms with E-state index in [1.54, 1.807) is 0 Å². The molecule has 2 nitrogen and oxygen atoms in total. The van der Waals surface area contributed by atoms with Crippen LogP contribution < -0.4 is 4.90 Å². The maximum absolute atomic E-state index is 12.9. The van der Waals surface area contributed by atoms with E-state index >= 15 is 0 Å². The molecular weight excluding hydrogens is 247 g/mol. The number of nitrogens with zero attached hydrogens (tertiary/aromatic N) is 2. The van der Waals surface area contributed by atoms with Gasteiger partial charge in [-0.15, -0.1) is 0 Å². The summed E-state index contributed by atoms with van der Waals surface area (Å²) in [5, 5.41) is 0. The highest BCUT2D eigenvalue weighted by molar-refractivity contribution is 7.97. The smallest absolute Gasteiger partial charge is 0.123 e. The van der Waals surface area contributed by atoms with Crippen molar-refractivity contribution >= 4 is 17.6 Å². The van der Waals surface area contributed by atoms with Gasteiger partial charge in [0.2, 0.25) is 0 Å². The lowest BCUT2D eigenvalue weighted by Gasteiger charge is -2.35. The van der Waals surface area contributed by atoms with E-state index in [1.807, 2.05) is 24.1 Å². The minimum Gasteiger partial charge on any atom is -0.369 e. The van der Waals surface area contributed by atoms with Crippen molar-refractivity contribution in [3.63, 3.8) is 0 Å². The Morgan fingerprint density at radius 2 is 1.78 bits per heavy atom. The lowest BCUT2D eigenvalue weighted by molar-refractivity contribution is 0.429. The molecule has 0 saturated carbocycles. The Labute approximate surface area is 113 Å². The van der Waals surface area contributed by atoms with Gasteiger partial charge in [-0.1, -0.05) is 25.3 Å². The quantitative estimate of drug-likeness (QED) is 0.597. The monoisotopic (exact) mass is 268 g/mol. The molecule has 0 bridgehead atoms. The highest BCUT2D eigenvalue weighted by Gasteiger charge is 2.17. The van der Waals surface area contributed by atoms with Crippen LogP contribution in [0.5, 0.6) is 0 Å². The first-order chi connectivity index (χ1) is 8.79. The van der Waals surface area contributed by atoms with Crippen LogP contribution in [0.1, 0.15) is 19.8 Å². The summed E-state index contributed by atoms with van der Waals surface area (Å²) in [6.45, 7) is 6.47. The van der Waals surface area contributed by atoms with Gasteiger partial charge < -0.3 is 4.90 Å². The van der Waals surface area contributed by atoms with Gasteiger partial charge in [0.15, 0.2) is 0 Å². The first kappa shape index (κ1) is 13.7. The third-order valence-corrected chi connectivity index (χ3v) is 4.40. The Morgan fingerprint density at radius 1 is 1.11 bits per heavy atom. The van der Waals surface area contributed by atoms with E-state index in [2.05, 4.69) is 16.1 Å². The summed E-state index contributed by atoms with van der Waals surface area (Å²) in [6.07, 6.45) is 2.56. The molecule has 1 aromatic rings. The zero-order valence-electron chi connectivity index (χ0n) is 10.9. The lowest BCUT2D eigenvalue weighted by Crippen LogP contribution is -2.43. The molecule has 0 N–H and O–H groups in total. The molecule has 100 valence electrons. The normalized spacial score (nSPS) is 17.1. The van der Waals surface area contributed by atoms with E-state index in [1.165, 1.54) is 30.7 Å². The van der Waals surface area contributed by atoms with Crippen LogP contribution >= 0.6 is 11.9 Å². The molecule has 0 atom stereocenters. The number of rotatable bonds is 5. The molecular formula is C14H21FN2S. The van der Waals surface area contributed by atoms with Crippen LogP contribution in [0.2, 0.25) is 0 Å². The van der Waals surface area contributed by atoms with Gasteiger partial charge in [-0.05, 0) is 30.7 Å². The zero-order valence-corrected chi connectivity index (χ0v) is 11.8. The first-order valence-electron chi connectivity index (χ1n) is 6.68. The SMILES string of the molecule is CCCCSN1CCN(c2ccc(F)cc2)CC1. The van der Waals surface area contributed by atoms with Crippen LogP contribution in [0, 0.1) is 5.82 Å². The van der Waals surface area contributed by atoms with Crippen molar-refractivity contribution in [3.8, 4) is 0 Å². The zero-order chi connectivity index (χ0) is 12.8. The molecule has 1 aliphatic rings. The van der Waals surface area contributed by atoms with Gasteiger partial charge in [-0.25, -0.2) is 8.70 Å². The summed E-state index contributed by atoms with van der Waals surface area (Å²) in [5.41, 5.74) is 1.13. The fourth-order valence-electron chi connectivity index (χ4n) is 2.07. The van der Waals surface area contributed by atoms with Crippen molar-refractivity contribution in [2.24, 2.45) is 0 Å². The van der Waals surface area contributed by atoms with Gasteiger partial charge in [-0.2, -0.15) is 0 Å². The second kappa shape index (κ2) is 7.00. The second-order valence-electron chi connectivity index (χ2n) is 4.58. The van der Waals surface area contributed by atoms with Gasteiger partial charge in [-0.3, -0.25) is 0 Å². The maximum Gasteiger partial charge on any atom is 0.123 e. The third-order valence-electron chi connectivity index (χ3n) is 3.20. The van der Waals surface area contributed by atoms with E-state index in [0.29, 0.717) is 0 Å². The molecule has 0 spiro atoms. The van der Waals surface area contributed by atoms with E-state index < -0.39 is 0 Å². The fraction of sp³-hybridized carbons (Fsp3) is 0.571. The summed E-state index contributed by atoms with van der Waals surface area (Å²) < 4.78 is 15.3. The van der Waals surface area contributed by atoms with Crippen LogP contribution in [0.4, 0.5) is 10.1 Å². The molecule has 1 aromatic carbocycles. The fourth-order valence-corrected chi connectivity index (χ4v) is 3.16. The van der Waals surface area contributed by atoms with E-state index in [0.717, 1.165) is 31.9 Å². The van der Waals surface area contributed by atoms with E-state index in [4.69, 9.17) is 0 Å². The lowest BCUT2D eigenvalue weighted by atomic mass is 10.2. The van der Waals surface area contributed by atoms with Crippen LogP contribution in [-0.4, -0.2) is 36.2 Å². The highest BCUT2D eigenvalue weighted by atomic mass is 32.2. The number of anilines is 1. The maximum atomic E-state index is 12.9. The predicted molar refractivity (Wildman–Crippen MR) is 77.6 cm³/mol. The van der Waals surface area contributed by atoms with Crippen molar-refractivity contribution in [1.82, 2.24) is 4.31 Å². The summed E-state index contributed by atoms with van der Waals surface area (Å²) in [7, 11) is 0. The summed E-state index contributed by atoms with van der Waals surface area (Å²) in [6, 6.07) is 6.82. The van der Waals surface area contributed by atoms with Crippen LogP contribution in [0.3, 0.4) is 0 Å². The second-order valence-corrected chi connectivity index (χ2v) is 5.76. The molecule has 1 fully saturated rings. The molecule has 1 aliphatic heterocycles. The van der Waals surface area contributed by atoms with Gasteiger partial charge >= 0.3 is 0 Å². The number of hydrogen-bond acceptors (Lipinski definition) is 3. The average molecular weight is 268 g/mol. The van der Waals surface area contributed by atoms with E-state index in [-0.39, 0.29) is 5.82 Å². The van der Waals surface area contributed by atoms with Crippen molar-refractivity contribution in [1.29, 1.82) is 0 Å². The minimum absolute atomic E-state index is 0.160. The molecule has 2 rings (SSSR count). The predicted octanol–water partition coefficient (Wildman–Crippen LogP) is 3.40. The summed E-state index contributed by atoms with van der Waals surface area (Å²) in [4.78, 5) is 2.33. The Morgan fingerprint density at radius 3 is 2.39 bits per heavy atom. The van der Waals surface area contributed by atoms with Gasteiger partial charge in [0, 0.05) is 37.6 Å². The number of piperazine rings is 1. The molecule has 0 radical (unpaired) electrons. The molecule has 1 heterocycles. The van der Waals surface area contributed by atoms with Crippen molar-refractivity contribution < 1.29 is 4.39 Å². The Kier molecular flexibility index (Phi) is 5.32. The largest absolute Gasteiger partial charge is 0.369 e. The average Bonchev–Trinajstić information content (AvgIpc) is 2.41. The number of halogens is 1. The number of hydrogen-bond donors (Lipinski definition) is 0. The molecule has 0 aromatic heterocycles. The minimum atomic E-state index is -0.160. The van der Waals surface area contributed by atoms with Gasteiger partial charge in [0.25, 0.3) is 0 Å². The molecule has 0 amide bonds. The Hall–Kier alpha value is -0.740. The van der Waals surface area contributed by atoms with Crippen molar-refractivity contribution in [2.75, 3.05) is 36.8 Å². The number of unbranched alkanes of at least 4 members (excludes halogenated alkanes) is 1. The summed E-state index contributed by atoms with van der Waals surface area (Å²) in [5.74, 6) is 1.07. The number of benzene rings is 1. The standard InChI is InChI=1S/C14H21FN2S/c1-2-3-12-18-17-10-8-16(9-11-17)14-6-4-13(15)5-7-14/h4-7H,2-3,8-12H2,1H3. The van der Waals surface area contributed by atoms with Crippen molar-refractivity contribution in [3.05, 3.63) is 30.1 Å². The highest BCUT2D eigenvalue weighted by Crippen LogP contribution is 2.20. The molecule has 0 unspecified atom stereocenters. The van der Waals surface area contributed by atoms with Crippen LogP contribution in [-0.2, 0) is 0 Å². The van der Waals surface area contributed by atoms with Crippen LogP contribution in [0.25, 0.3) is 0 Å².